The van der Waals surface area contributed by atoms with Crippen LogP contribution in [0.3, 0.4) is 0 Å². The SMILES string of the molecule is CC(C)C(C)S(=O)/N=C/c1cc(F)cc(F)c1. The maximum atomic E-state index is 12.9. The van der Waals surface area contributed by atoms with E-state index in [1.54, 1.807) is 0 Å². The van der Waals surface area contributed by atoms with Gasteiger partial charge in [0.05, 0.1) is 5.25 Å². The van der Waals surface area contributed by atoms with Gasteiger partial charge in [-0.15, -0.1) is 0 Å². The summed E-state index contributed by atoms with van der Waals surface area (Å²) in [6.45, 7) is 5.71. The van der Waals surface area contributed by atoms with E-state index in [-0.39, 0.29) is 16.7 Å². The van der Waals surface area contributed by atoms with Gasteiger partial charge in [0.2, 0.25) is 0 Å². The molecule has 0 radical (unpaired) electrons. The molecule has 2 atom stereocenters. The molecule has 0 heterocycles. The van der Waals surface area contributed by atoms with E-state index >= 15 is 0 Å². The first-order valence-corrected chi connectivity index (χ1v) is 6.48. The van der Waals surface area contributed by atoms with Crippen molar-refractivity contribution in [3.8, 4) is 0 Å². The zero-order valence-electron chi connectivity index (χ0n) is 9.98. The van der Waals surface area contributed by atoms with Gasteiger partial charge in [0.1, 0.15) is 22.6 Å². The van der Waals surface area contributed by atoms with E-state index in [1.807, 2.05) is 20.8 Å². The van der Waals surface area contributed by atoms with Crippen molar-refractivity contribution in [3.05, 3.63) is 35.4 Å². The lowest BCUT2D eigenvalue weighted by molar-refractivity contribution is 0.583. The molecule has 17 heavy (non-hydrogen) atoms. The van der Waals surface area contributed by atoms with Crippen LogP contribution in [-0.2, 0) is 11.0 Å². The topological polar surface area (TPSA) is 29.4 Å². The van der Waals surface area contributed by atoms with Gasteiger partial charge in [-0.3, -0.25) is 0 Å². The molecule has 1 rings (SSSR count). The highest BCUT2D eigenvalue weighted by Crippen LogP contribution is 2.10. The smallest absolute Gasteiger partial charge is 0.142 e. The minimum atomic E-state index is -1.38. The molecule has 2 unspecified atom stereocenters. The highest BCUT2D eigenvalue weighted by Gasteiger charge is 2.13. The van der Waals surface area contributed by atoms with Gasteiger partial charge in [-0.25, -0.2) is 13.0 Å². The molecule has 0 amide bonds. The van der Waals surface area contributed by atoms with E-state index in [2.05, 4.69) is 4.40 Å². The lowest BCUT2D eigenvalue weighted by Gasteiger charge is -2.10. The van der Waals surface area contributed by atoms with Crippen LogP contribution < -0.4 is 0 Å². The van der Waals surface area contributed by atoms with Crippen molar-refractivity contribution in [2.75, 3.05) is 0 Å². The number of benzene rings is 1. The molecule has 0 aromatic heterocycles. The Bertz CT molecular complexity index is 426. The van der Waals surface area contributed by atoms with Crippen molar-refractivity contribution < 1.29 is 13.0 Å². The third-order valence-electron chi connectivity index (χ3n) is 2.45. The predicted molar refractivity (Wildman–Crippen MR) is 66.4 cm³/mol. The molecular formula is C12H15F2NOS. The van der Waals surface area contributed by atoms with Crippen LogP contribution in [0.5, 0.6) is 0 Å². The van der Waals surface area contributed by atoms with E-state index in [0.717, 1.165) is 18.2 Å². The monoisotopic (exact) mass is 259 g/mol. The summed E-state index contributed by atoms with van der Waals surface area (Å²) >= 11 is 0. The second-order valence-electron chi connectivity index (χ2n) is 4.16. The van der Waals surface area contributed by atoms with Crippen molar-refractivity contribution in [1.29, 1.82) is 0 Å². The van der Waals surface area contributed by atoms with E-state index in [4.69, 9.17) is 0 Å². The summed E-state index contributed by atoms with van der Waals surface area (Å²) in [6.07, 6.45) is 1.24. The first-order valence-electron chi connectivity index (χ1n) is 5.31. The second-order valence-corrected chi connectivity index (χ2v) is 5.67. The molecule has 1 aromatic rings. The Morgan fingerprint density at radius 2 is 1.71 bits per heavy atom. The van der Waals surface area contributed by atoms with Gasteiger partial charge in [-0.05, 0) is 30.5 Å². The van der Waals surface area contributed by atoms with Gasteiger partial charge in [-0.2, -0.15) is 4.40 Å². The molecule has 0 aliphatic carbocycles. The third-order valence-corrected chi connectivity index (χ3v) is 3.94. The molecule has 0 spiro atoms. The molecule has 0 saturated carbocycles. The fraction of sp³-hybridized carbons (Fsp3) is 0.417. The Morgan fingerprint density at radius 3 is 2.18 bits per heavy atom. The van der Waals surface area contributed by atoms with Gasteiger partial charge in [0, 0.05) is 12.3 Å². The van der Waals surface area contributed by atoms with Gasteiger partial charge in [-0.1, -0.05) is 13.8 Å². The molecular weight excluding hydrogens is 244 g/mol. The van der Waals surface area contributed by atoms with Crippen LogP contribution in [0.15, 0.2) is 22.6 Å². The fourth-order valence-electron chi connectivity index (χ4n) is 1.09. The van der Waals surface area contributed by atoms with Gasteiger partial charge < -0.3 is 0 Å². The molecule has 0 aliphatic rings. The van der Waals surface area contributed by atoms with Crippen LogP contribution in [0.4, 0.5) is 8.78 Å². The van der Waals surface area contributed by atoms with Crippen molar-refractivity contribution in [2.45, 2.75) is 26.0 Å². The van der Waals surface area contributed by atoms with E-state index in [9.17, 15) is 13.0 Å². The lowest BCUT2D eigenvalue weighted by atomic mass is 10.2. The zero-order chi connectivity index (χ0) is 13.0. The van der Waals surface area contributed by atoms with Crippen LogP contribution in [0.25, 0.3) is 0 Å². The summed E-state index contributed by atoms with van der Waals surface area (Å²) in [7, 11) is -1.38. The Labute approximate surface area is 102 Å². The summed E-state index contributed by atoms with van der Waals surface area (Å²) in [4.78, 5) is 0. The molecule has 94 valence electrons. The third kappa shape index (κ3) is 4.34. The minimum Gasteiger partial charge on any atom is -0.235 e. The van der Waals surface area contributed by atoms with Crippen molar-refractivity contribution in [3.63, 3.8) is 0 Å². The molecule has 0 bridgehead atoms. The number of nitrogens with zero attached hydrogens (tertiary/aromatic N) is 1. The molecule has 0 fully saturated rings. The van der Waals surface area contributed by atoms with E-state index in [0.29, 0.717) is 0 Å². The highest BCUT2D eigenvalue weighted by atomic mass is 32.2. The summed E-state index contributed by atoms with van der Waals surface area (Å²) < 4.78 is 41.2. The second kappa shape index (κ2) is 6.00. The van der Waals surface area contributed by atoms with Crippen molar-refractivity contribution >= 4 is 17.2 Å². The Kier molecular flexibility index (Phi) is 4.93. The van der Waals surface area contributed by atoms with Gasteiger partial charge in [0.25, 0.3) is 0 Å². The quantitative estimate of drug-likeness (QED) is 0.764. The summed E-state index contributed by atoms with van der Waals surface area (Å²) in [5.41, 5.74) is 0.270. The van der Waals surface area contributed by atoms with E-state index in [1.165, 1.54) is 6.21 Å². The van der Waals surface area contributed by atoms with Gasteiger partial charge in [0.15, 0.2) is 0 Å². The maximum absolute atomic E-state index is 12.9. The number of hydrogen-bond donors (Lipinski definition) is 0. The Morgan fingerprint density at radius 1 is 1.18 bits per heavy atom. The first-order chi connectivity index (χ1) is 7.90. The average molecular weight is 259 g/mol. The minimum absolute atomic E-state index is 0.0929. The molecule has 1 aromatic carbocycles. The van der Waals surface area contributed by atoms with Gasteiger partial charge >= 0.3 is 0 Å². The first kappa shape index (κ1) is 14.0. The fourth-order valence-corrected chi connectivity index (χ4v) is 1.97. The summed E-state index contributed by atoms with van der Waals surface area (Å²) in [6, 6.07) is 3.07. The van der Waals surface area contributed by atoms with Crippen LogP contribution in [0.1, 0.15) is 26.3 Å². The molecule has 0 saturated heterocycles. The van der Waals surface area contributed by atoms with Crippen molar-refractivity contribution in [2.24, 2.45) is 10.3 Å². The predicted octanol–water partition coefficient (Wildman–Crippen LogP) is 3.09. The Hall–Kier alpha value is -1.10. The molecule has 0 aliphatic heterocycles. The summed E-state index contributed by atoms with van der Waals surface area (Å²) in [5.74, 6) is -1.11. The molecule has 5 heteroatoms. The number of halogens is 2. The number of rotatable bonds is 4. The normalized spacial score (nSPS) is 15.4. The highest BCUT2D eigenvalue weighted by molar-refractivity contribution is 7.84. The maximum Gasteiger partial charge on any atom is 0.142 e. The van der Waals surface area contributed by atoms with E-state index < -0.39 is 22.6 Å². The lowest BCUT2D eigenvalue weighted by Crippen LogP contribution is -2.15. The van der Waals surface area contributed by atoms with Crippen LogP contribution in [-0.4, -0.2) is 15.7 Å². The Balaban J connectivity index is 2.80. The standard InChI is InChI=1S/C12H15F2NOS/c1-8(2)9(3)17(16)15-7-10-4-11(13)6-12(14)5-10/h4-9H,1-3H3/b15-7+. The van der Waals surface area contributed by atoms with Crippen molar-refractivity contribution in [1.82, 2.24) is 0 Å². The molecule has 0 N–H and O–H groups in total. The van der Waals surface area contributed by atoms with Crippen LogP contribution in [0, 0.1) is 17.6 Å². The zero-order valence-corrected chi connectivity index (χ0v) is 10.8. The van der Waals surface area contributed by atoms with Crippen LogP contribution >= 0.6 is 0 Å². The number of hydrogen-bond acceptors (Lipinski definition) is 1. The summed E-state index contributed by atoms with van der Waals surface area (Å²) in [5, 5.41) is -0.0929. The average Bonchev–Trinajstić information content (AvgIpc) is 2.23. The van der Waals surface area contributed by atoms with Crippen LogP contribution in [0.2, 0.25) is 0 Å². The largest absolute Gasteiger partial charge is 0.235 e. The molecule has 2 nitrogen and oxygen atoms in total.